The molecule has 2 N–H and O–H groups in total. The minimum atomic E-state index is 0.384. The van der Waals surface area contributed by atoms with E-state index < -0.39 is 0 Å². The maximum atomic E-state index is 5.83. The highest BCUT2D eigenvalue weighted by Crippen LogP contribution is 2.26. The zero-order valence-corrected chi connectivity index (χ0v) is 8.83. The fourth-order valence-corrected chi connectivity index (χ4v) is 1.53. The minimum Gasteiger partial charge on any atom is -0.461 e. The lowest BCUT2D eigenvalue weighted by Gasteiger charge is -1.97. The zero-order valence-electron chi connectivity index (χ0n) is 8.83. The van der Waals surface area contributed by atoms with E-state index in [2.05, 4.69) is 10.1 Å². The number of anilines is 1. The summed E-state index contributed by atoms with van der Waals surface area (Å²) < 4.78 is 10.3. The first-order valence-electron chi connectivity index (χ1n) is 5.07. The van der Waals surface area contributed by atoms with E-state index in [1.54, 1.807) is 24.5 Å². The minimum absolute atomic E-state index is 0.384. The summed E-state index contributed by atoms with van der Waals surface area (Å²) >= 11 is 0. The largest absolute Gasteiger partial charge is 0.461 e. The van der Waals surface area contributed by atoms with Crippen molar-refractivity contribution in [1.82, 2.24) is 10.1 Å². The fraction of sp³-hybridized carbons (Fsp3) is 0. The van der Waals surface area contributed by atoms with E-state index in [1.165, 1.54) is 0 Å². The molecule has 0 saturated carbocycles. The first-order valence-corrected chi connectivity index (χ1v) is 5.07. The molecule has 0 aliphatic carbocycles. The Labute approximate surface area is 96.9 Å². The van der Waals surface area contributed by atoms with Gasteiger partial charge in [0.2, 0.25) is 5.82 Å². The van der Waals surface area contributed by atoms with Gasteiger partial charge in [-0.15, -0.1) is 0 Å². The Morgan fingerprint density at radius 1 is 1.06 bits per heavy atom. The summed E-state index contributed by atoms with van der Waals surface area (Å²) in [6.45, 7) is 0. The normalized spacial score (nSPS) is 10.6. The molecule has 0 unspecified atom stereocenters. The molecule has 0 aliphatic rings. The van der Waals surface area contributed by atoms with Crippen molar-refractivity contribution >= 4 is 5.69 Å². The Balaban J connectivity index is 2.04. The number of benzene rings is 1. The van der Waals surface area contributed by atoms with Gasteiger partial charge in [-0.3, -0.25) is 0 Å². The van der Waals surface area contributed by atoms with E-state index >= 15 is 0 Å². The average Bonchev–Trinajstić information content (AvgIpc) is 3.00. The van der Waals surface area contributed by atoms with Crippen LogP contribution >= 0.6 is 0 Å². The van der Waals surface area contributed by atoms with Gasteiger partial charge in [-0.1, -0.05) is 17.3 Å². The quantitative estimate of drug-likeness (QED) is 0.681. The van der Waals surface area contributed by atoms with Crippen LogP contribution in [0, 0.1) is 0 Å². The van der Waals surface area contributed by atoms with E-state index in [9.17, 15) is 0 Å². The molecule has 0 fully saturated rings. The molecule has 1 aromatic carbocycles. The van der Waals surface area contributed by atoms with Crippen LogP contribution in [-0.2, 0) is 0 Å². The summed E-state index contributed by atoms with van der Waals surface area (Å²) in [5.74, 6) is 1.36. The topological polar surface area (TPSA) is 78.1 Å². The Kier molecular flexibility index (Phi) is 2.15. The summed E-state index contributed by atoms with van der Waals surface area (Å²) in [6, 6.07) is 10.9. The molecule has 5 heteroatoms. The van der Waals surface area contributed by atoms with Gasteiger partial charge >= 0.3 is 0 Å². The number of hydrogen-bond donors (Lipinski definition) is 1. The first kappa shape index (κ1) is 9.65. The molecule has 2 heterocycles. The summed E-state index contributed by atoms with van der Waals surface area (Å²) in [5.41, 5.74) is 7.15. The van der Waals surface area contributed by atoms with Gasteiger partial charge in [0.1, 0.15) is 0 Å². The smallest absolute Gasteiger partial charge is 0.260 e. The average molecular weight is 227 g/mol. The lowest BCUT2D eigenvalue weighted by atomic mass is 10.2. The van der Waals surface area contributed by atoms with Crippen molar-refractivity contribution in [2.75, 3.05) is 5.73 Å². The second kappa shape index (κ2) is 3.79. The highest BCUT2D eigenvalue weighted by atomic mass is 16.5. The third-order valence-corrected chi connectivity index (χ3v) is 2.36. The SMILES string of the molecule is Nc1ccccc1-c1nc(-c2ccco2)no1. The Morgan fingerprint density at radius 2 is 1.94 bits per heavy atom. The van der Waals surface area contributed by atoms with Crippen molar-refractivity contribution in [3.63, 3.8) is 0 Å². The van der Waals surface area contributed by atoms with Crippen LogP contribution < -0.4 is 5.73 Å². The Hall–Kier alpha value is -2.56. The van der Waals surface area contributed by atoms with Crippen LogP contribution in [0.5, 0.6) is 0 Å². The third-order valence-electron chi connectivity index (χ3n) is 2.36. The monoisotopic (exact) mass is 227 g/mol. The van der Waals surface area contributed by atoms with Crippen molar-refractivity contribution in [2.24, 2.45) is 0 Å². The predicted molar refractivity (Wildman–Crippen MR) is 61.8 cm³/mol. The summed E-state index contributed by atoms with van der Waals surface area (Å²) in [6.07, 6.45) is 1.56. The molecule has 0 atom stereocenters. The number of nitrogen functional groups attached to an aromatic ring is 1. The van der Waals surface area contributed by atoms with Crippen molar-refractivity contribution in [3.8, 4) is 23.0 Å². The van der Waals surface area contributed by atoms with Crippen LogP contribution in [-0.4, -0.2) is 10.1 Å². The molecule has 3 rings (SSSR count). The van der Waals surface area contributed by atoms with Gasteiger partial charge in [-0.05, 0) is 24.3 Å². The predicted octanol–water partition coefficient (Wildman–Crippen LogP) is 2.58. The Morgan fingerprint density at radius 3 is 2.71 bits per heavy atom. The molecular weight excluding hydrogens is 218 g/mol. The van der Waals surface area contributed by atoms with Gasteiger partial charge in [0, 0.05) is 5.69 Å². The molecule has 17 heavy (non-hydrogen) atoms. The molecule has 0 saturated heterocycles. The summed E-state index contributed by atoms with van der Waals surface area (Å²) in [7, 11) is 0. The van der Waals surface area contributed by atoms with Crippen LogP contribution in [0.4, 0.5) is 5.69 Å². The van der Waals surface area contributed by atoms with Crippen LogP contribution in [0.25, 0.3) is 23.0 Å². The number of hydrogen-bond acceptors (Lipinski definition) is 5. The summed E-state index contributed by atoms with van der Waals surface area (Å²) in [4.78, 5) is 4.23. The molecule has 5 nitrogen and oxygen atoms in total. The second-order valence-electron chi connectivity index (χ2n) is 3.49. The van der Waals surface area contributed by atoms with Crippen molar-refractivity contribution in [3.05, 3.63) is 42.7 Å². The van der Waals surface area contributed by atoms with Gasteiger partial charge in [0.05, 0.1) is 11.8 Å². The van der Waals surface area contributed by atoms with Gasteiger partial charge in [-0.2, -0.15) is 4.98 Å². The number of para-hydroxylation sites is 1. The standard InChI is InChI=1S/C12H9N3O2/c13-9-5-2-1-4-8(9)12-14-11(15-17-12)10-6-3-7-16-10/h1-7H,13H2. The number of aromatic nitrogens is 2. The molecule has 84 valence electrons. The fourth-order valence-electron chi connectivity index (χ4n) is 1.53. The van der Waals surface area contributed by atoms with E-state index in [0.717, 1.165) is 5.56 Å². The van der Waals surface area contributed by atoms with Gasteiger partial charge < -0.3 is 14.7 Å². The van der Waals surface area contributed by atoms with E-state index in [4.69, 9.17) is 14.7 Å². The molecule has 0 spiro atoms. The lowest BCUT2D eigenvalue weighted by molar-refractivity contribution is 0.429. The molecular formula is C12H9N3O2. The van der Waals surface area contributed by atoms with Crippen LogP contribution in [0.15, 0.2) is 51.6 Å². The maximum Gasteiger partial charge on any atom is 0.260 e. The zero-order chi connectivity index (χ0) is 11.7. The van der Waals surface area contributed by atoms with Crippen molar-refractivity contribution in [1.29, 1.82) is 0 Å². The van der Waals surface area contributed by atoms with E-state index in [-0.39, 0.29) is 0 Å². The molecule has 2 aromatic heterocycles. The molecule has 0 amide bonds. The van der Waals surface area contributed by atoms with Gasteiger partial charge in [0.25, 0.3) is 5.89 Å². The maximum absolute atomic E-state index is 5.83. The lowest BCUT2D eigenvalue weighted by Crippen LogP contribution is -1.89. The van der Waals surface area contributed by atoms with Gasteiger partial charge in [0.15, 0.2) is 5.76 Å². The number of nitrogens with zero attached hydrogens (tertiary/aromatic N) is 2. The second-order valence-corrected chi connectivity index (χ2v) is 3.49. The van der Waals surface area contributed by atoms with Crippen LogP contribution in [0.3, 0.4) is 0 Å². The van der Waals surface area contributed by atoms with Crippen molar-refractivity contribution < 1.29 is 8.94 Å². The Bertz CT molecular complexity index is 629. The van der Waals surface area contributed by atoms with E-state index in [0.29, 0.717) is 23.2 Å². The number of furan rings is 1. The molecule has 0 radical (unpaired) electrons. The van der Waals surface area contributed by atoms with Crippen molar-refractivity contribution in [2.45, 2.75) is 0 Å². The molecule has 0 bridgehead atoms. The highest BCUT2D eigenvalue weighted by molar-refractivity contribution is 5.70. The van der Waals surface area contributed by atoms with Gasteiger partial charge in [-0.25, -0.2) is 0 Å². The highest BCUT2D eigenvalue weighted by Gasteiger charge is 2.13. The number of nitrogens with two attached hydrogens (primary N) is 1. The van der Waals surface area contributed by atoms with Crippen LogP contribution in [0.2, 0.25) is 0 Å². The van der Waals surface area contributed by atoms with Crippen LogP contribution in [0.1, 0.15) is 0 Å². The first-order chi connectivity index (χ1) is 8.34. The number of rotatable bonds is 2. The molecule has 0 aliphatic heterocycles. The van der Waals surface area contributed by atoms with E-state index in [1.807, 2.05) is 18.2 Å². The molecule has 3 aromatic rings. The summed E-state index contributed by atoms with van der Waals surface area (Å²) in [5, 5.41) is 3.84. The third kappa shape index (κ3) is 1.67.